The molecule has 1 saturated heterocycles. The van der Waals surface area contributed by atoms with Gasteiger partial charge in [-0.25, -0.2) is 0 Å². The molecule has 2 atom stereocenters. The summed E-state index contributed by atoms with van der Waals surface area (Å²) in [5.41, 5.74) is 3.19. The van der Waals surface area contributed by atoms with Gasteiger partial charge in [-0.15, -0.1) is 12.3 Å². The molecule has 0 aliphatic carbocycles. The van der Waals surface area contributed by atoms with E-state index < -0.39 is 0 Å². The SMILES string of the molecule is C#CCCCC(NN)C(C)(CC)N1CCCC1. The summed E-state index contributed by atoms with van der Waals surface area (Å²) in [6, 6.07) is 0.332. The van der Waals surface area contributed by atoms with Crippen molar-refractivity contribution in [1.29, 1.82) is 0 Å². The standard InChI is InChI=1S/C14H27N3/c1-4-6-7-10-13(16-15)14(3,5-2)17-11-8-9-12-17/h1,13,16H,5-12,15H2,2-3H3. The number of rotatable bonds is 7. The molecule has 3 heteroatoms. The molecule has 0 spiro atoms. The number of nitrogens with two attached hydrogens (primary N) is 1. The molecule has 0 aromatic carbocycles. The number of nitrogens with zero attached hydrogens (tertiary/aromatic N) is 1. The Morgan fingerprint density at radius 2 is 2.12 bits per heavy atom. The van der Waals surface area contributed by atoms with Crippen LogP contribution in [0.2, 0.25) is 0 Å². The van der Waals surface area contributed by atoms with E-state index in [4.69, 9.17) is 12.3 Å². The van der Waals surface area contributed by atoms with Crippen molar-refractivity contribution in [3.8, 4) is 12.3 Å². The van der Waals surface area contributed by atoms with Crippen LogP contribution in [0, 0.1) is 12.3 Å². The van der Waals surface area contributed by atoms with Crippen LogP contribution >= 0.6 is 0 Å². The maximum atomic E-state index is 5.76. The molecule has 0 bridgehead atoms. The predicted molar refractivity (Wildman–Crippen MR) is 73.3 cm³/mol. The fourth-order valence-electron chi connectivity index (χ4n) is 2.90. The van der Waals surface area contributed by atoms with Gasteiger partial charge in [-0.3, -0.25) is 16.2 Å². The quantitative estimate of drug-likeness (QED) is 0.307. The molecular formula is C14H27N3. The summed E-state index contributed by atoms with van der Waals surface area (Å²) < 4.78 is 0. The van der Waals surface area contributed by atoms with Crippen LogP contribution in [0.3, 0.4) is 0 Å². The Hall–Kier alpha value is -0.560. The van der Waals surface area contributed by atoms with E-state index in [2.05, 4.69) is 30.1 Å². The molecular weight excluding hydrogens is 210 g/mol. The van der Waals surface area contributed by atoms with Crippen LogP contribution in [-0.4, -0.2) is 29.6 Å². The summed E-state index contributed by atoms with van der Waals surface area (Å²) in [6.45, 7) is 7.00. The van der Waals surface area contributed by atoms with Gasteiger partial charge in [-0.1, -0.05) is 6.92 Å². The smallest absolute Gasteiger partial charge is 0.0392 e. The highest BCUT2D eigenvalue weighted by molar-refractivity contribution is 4.97. The molecule has 1 fully saturated rings. The second kappa shape index (κ2) is 7.00. The first-order valence-electron chi connectivity index (χ1n) is 6.83. The zero-order valence-corrected chi connectivity index (χ0v) is 11.3. The first-order chi connectivity index (χ1) is 8.19. The third kappa shape index (κ3) is 3.45. The summed E-state index contributed by atoms with van der Waals surface area (Å²) in [7, 11) is 0. The highest BCUT2D eigenvalue weighted by atomic mass is 15.3. The summed E-state index contributed by atoms with van der Waals surface area (Å²) in [5, 5.41) is 0. The summed E-state index contributed by atoms with van der Waals surface area (Å²) in [6.07, 6.45) is 12.0. The zero-order chi connectivity index (χ0) is 12.7. The molecule has 17 heavy (non-hydrogen) atoms. The lowest BCUT2D eigenvalue weighted by Crippen LogP contribution is -2.60. The minimum atomic E-state index is 0.167. The maximum absolute atomic E-state index is 5.76. The fourth-order valence-corrected chi connectivity index (χ4v) is 2.90. The molecule has 1 rings (SSSR count). The van der Waals surface area contributed by atoms with E-state index in [1.54, 1.807) is 0 Å². The number of hydrogen-bond acceptors (Lipinski definition) is 3. The molecule has 3 N–H and O–H groups in total. The van der Waals surface area contributed by atoms with E-state index in [9.17, 15) is 0 Å². The molecule has 3 nitrogen and oxygen atoms in total. The van der Waals surface area contributed by atoms with Crippen molar-refractivity contribution < 1.29 is 0 Å². The monoisotopic (exact) mass is 237 g/mol. The fraction of sp³-hybridized carbons (Fsp3) is 0.857. The second-order valence-corrected chi connectivity index (χ2v) is 5.22. The Morgan fingerprint density at radius 3 is 2.59 bits per heavy atom. The van der Waals surface area contributed by atoms with Crippen LogP contribution in [0.15, 0.2) is 0 Å². The Morgan fingerprint density at radius 1 is 1.47 bits per heavy atom. The first kappa shape index (κ1) is 14.5. The molecule has 1 aliphatic heterocycles. The molecule has 0 amide bonds. The predicted octanol–water partition coefficient (Wildman–Crippen LogP) is 1.89. The van der Waals surface area contributed by atoms with Gasteiger partial charge < -0.3 is 0 Å². The minimum Gasteiger partial charge on any atom is -0.296 e. The van der Waals surface area contributed by atoms with Gasteiger partial charge in [0.25, 0.3) is 0 Å². The Bertz CT molecular complexity index is 253. The van der Waals surface area contributed by atoms with Crippen molar-refractivity contribution in [3.63, 3.8) is 0 Å². The van der Waals surface area contributed by atoms with Crippen LogP contribution < -0.4 is 11.3 Å². The van der Waals surface area contributed by atoms with Gasteiger partial charge in [0.15, 0.2) is 0 Å². The molecule has 2 unspecified atom stereocenters. The molecule has 0 saturated carbocycles. The lowest BCUT2D eigenvalue weighted by Gasteiger charge is -2.44. The highest BCUT2D eigenvalue weighted by Gasteiger charge is 2.38. The van der Waals surface area contributed by atoms with Gasteiger partial charge in [-0.05, 0) is 52.1 Å². The first-order valence-corrected chi connectivity index (χ1v) is 6.83. The van der Waals surface area contributed by atoms with Crippen LogP contribution in [0.1, 0.15) is 52.4 Å². The normalized spacial score (nSPS) is 22.0. The molecule has 0 radical (unpaired) electrons. The third-order valence-electron chi connectivity index (χ3n) is 4.31. The largest absolute Gasteiger partial charge is 0.296 e. The van der Waals surface area contributed by atoms with Crippen molar-refractivity contribution >= 4 is 0 Å². The number of hydrogen-bond donors (Lipinski definition) is 2. The van der Waals surface area contributed by atoms with Crippen molar-refractivity contribution in [2.75, 3.05) is 13.1 Å². The van der Waals surface area contributed by atoms with E-state index in [-0.39, 0.29) is 5.54 Å². The van der Waals surface area contributed by atoms with Crippen molar-refractivity contribution in [2.45, 2.75) is 64.0 Å². The molecule has 98 valence electrons. The second-order valence-electron chi connectivity index (χ2n) is 5.22. The van der Waals surface area contributed by atoms with E-state index in [0.29, 0.717) is 6.04 Å². The lowest BCUT2D eigenvalue weighted by atomic mass is 9.85. The summed E-state index contributed by atoms with van der Waals surface area (Å²) in [5.74, 6) is 8.46. The Kier molecular flexibility index (Phi) is 5.97. The summed E-state index contributed by atoms with van der Waals surface area (Å²) in [4.78, 5) is 2.59. The van der Waals surface area contributed by atoms with Crippen molar-refractivity contribution in [1.82, 2.24) is 10.3 Å². The number of terminal acetylenes is 1. The lowest BCUT2D eigenvalue weighted by molar-refractivity contribution is 0.0796. The average Bonchev–Trinajstić information content (AvgIpc) is 2.88. The number of nitrogens with one attached hydrogen (secondary N) is 1. The number of unbranched alkanes of at least 4 members (excludes halogenated alkanes) is 1. The van der Waals surface area contributed by atoms with E-state index in [1.165, 1.54) is 25.9 Å². The van der Waals surface area contributed by atoms with Crippen molar-refractivity contribution in [2.24, 2.45) is 5.84 Å². The van der Waals surface area contributed by atoms with Crippen LogP contribution in [0.4, 0.5) is 0 Å². The van der Waals surface area contributed by atoms with Crippen LogP contribution in [0.5, 0.6) is 0 Å². The van der Waals surface area contributed by atoms with Crippen LogP contribution in [0.25, 0.3) is 0 Å². The van der Waals surface area contributed by atoms with E-state index >= 15 is 0 Å². The van der Waals surface area contributed by atoms with Gasteiger partial charge in [0.1, 0.15) is 0 Å². The van der Waals surface area contributed by atoms with Gasteiger partial charge in [0.05, 0.1) is 0 Å². The topological polar surface area (TPSA) is 41.3 Å². The summed E-state index contributed by atoms with van der Waals surface area (Å²) >= 11 is 0. The third-order valence-corrected chi connectivity index (χ3v) is 4.31. The molecule has 1 heterocycles. The Balaban J connectivity index is 2.63. The van der Waals surface area contributed by atoms with Crippen LogP contribution in [-0.2, 0) is 0 Å². The maximum Gasteiger partial charge on any atom is 0.0392 e. The average molecular weight is 237 g/mol. The van der Waals surface area contributed by atoms with Gasteiger partial charge in [0.2, 0.25) is 0 Å². The zero-order valence-electron chi connectivity index (χ0n) is 11.3. The van der Waals surface area contributed by atoms with Gasteiger partial charge in [-0.2, -0.15) is 0 Å². The van der Waals surface area contributed by atoms with Gasteiger partial charge in [0, 0.05) is 18.0 Å². The molecule has 1 aliphatic rings. The van der Waals surface area contributed by atoms with E-state index in [0.717, 1.165) is 25.7 Å². The number of hydrazine groups is 1. The van der Waals surface area contributed by atoms with Crippen molar-refractivity contribution in [3.05, 3.63) is 0 Å². The molecule has 0 aromatic heterocycles. The van der Waals surface area contributed by atoms with Gasteiger partial charge >= 0.3 is 0 Å². The Labute approximate surface area is 106 Å². The molecule has 0 aromatic rings. The number of likely N-dealkylation sites (tertiary alicyclic amines) is 1. The minimum absolute atomic E-state index is 0.167. The van der Waals surface area contributed by atoms with E-state index in [1.807, 2.05) is 0 Å². The highest BCUT2D eigenvalue weighted by Crippen LogP contribution is 2.29.